The van der Waals surface area contributed by atoms with E-state index in [1.54, 1.807) is 0 Å². The molecule has 0 radical (unpaired) electrons. The van der Waals surface area contributed by atoms with Crippen LogP contribution in [0.2, 0.25) is 0 Å². The lowest BCUT2D eigenvalue weighted by Gasteiger charge is -2.27. The Kier molecular flexibility index (Phi) is 9.07. The van der Waals surface area contributed by atoms with Crippen molar-refractivity contribution in [3.63, 3.8) is 0 Å². The number of hydrogen-bond acceptors (Lipinski definition) is 3. The van der Waals surface area contributed by atoms with E-state index in [-0.39, 0.29) is 17.6 Å². The zero-order valence-corrected chi connectivity index (χ0v) is 44.1. The van der Waals surface area contributed by atoms with Gasteiger partial charge < -0.3 is 14.2 Å². The number of anilines is 2. The number of benzene rings is 9. The van der Waals surface area contributed by atoms with Crippen LogP contribution in [0.4, 0.5) is 11.4 Å². The third-order valence-electron chi connectivity index (χ3n) is 15.5. The minimum Gasteiger partial charge on any atom is -0.457 e. The van der Waals surface area contributed by atoms with Gasteiger partial charge in [-0.1, -0.05) is 208 Å². The number of pyridine rings is 1. The molecule has 4 heterocycles. The van der Waals surface area contributed by atoms with Crippen LogP contribution < -0.4 is 9.64 Å². The zero-order valence-electron chi connectivity index (χ0n) is 53.1. The van der Waals surface area contributed by atoms with Crippen LogP contribution in [0.1, 0.15) is 91.1 Å². The van der Waals surface area contributed by atoms with Crippen molar-refractivity contribution in [2.75, 3.05) is 4.90 Å². The van der Waals surface area contributed by atoms with Gasteiger partial charge in [0.2, 0.25) is 0 Å². The first-order valence-electron chi connectivity index (χ1n) is 30.9. The SMILES string of the molecule is [2H]C([2H])([2H])C(c1cc(-c2cccc3c4cccc(-c5ccccc5)c4c4ccccc4c4cccc5c4n(c23)CN5c2cccc(Oc3ccc4c5ccccc5n(-c5cc(C(C)(C)C)ccn5)c4c3)c2)cc(C(C)(C)C)c1)(C([2H])([2H])[2H])C([2H])([2H])[2H]. The van der Waals surface area contributed by atoms with Crippen molar-refractivity contribution in [1.29, 1.82) is 0 Å². The molecule has 5 heteroatoms. The molecule has 0 atom stereocenters. The highest BCUT2D eigenvalue weighted by molar-refractivity contribution is 6.25. The summed E-state index contributed by atoms with van der Waals surface area (Å²) in [5.74, 6) is 2.10. The van der Waals surface area contributed by atoms with Crippen LogP contribution in [-0.4, -0.2) is 14.1 Å². The van der Waals surface area contributed by atoms with Crippen molar-refractivity contribution < 1.29 is 17.1 Å². The van der Waals surface area contributed by atoms with Crippen LogP contribution in [0, 0.1) is 0 Å². The number of aromatic nitrogens is 3. The topological polar surface area (TPSA) is 35.2 Å². The second-order valence-electron chi connectivity index (χ2n) is 22.6. The molecule has 0 saturated carbocycles. The quantitative estimate of drug-likeness (QED) is 0.166. The number of rotatable bonds is 6. The van der Waals surface area contributed by atoms with Crippen LogP contribution in [0.5, 0.6) is 11.5 Å². The molecule has 3 aromatic heterocycles. The number of fused-ring (bicyclic) bond motifs is 10. The van der Waals surface area contributed by atoms with Crippen LogP contribution >= 0.6 is 0 Å². The van der Waals surface area contributed by atoms with Gasteiger partial charge in [0.1, 0.15) is 24.0 Å². The van der Waals surface area contributed by atoms with E-state index in [0.717, 1.165) is 93.5 Å². The maximum Gasteiger partial charge on any atom is 0.137 e. The highest BCUT2D eigenvalue weighted by Crippen LogP contribution is 2.47. The zero-order chi connectivity index (χ0) is 60.5. The van der Waals surface area contributed by atoms with E-state index >= 15 is 0 Å². The Morgan fingerprint density at radius 1 is 0.442 bits per heavy atom. The molecule has 77 heavy (non-hydrogen) atoms. The Balaban J connectivity index is 1.07. The lowest BCUT2D eigenvalue weighted by atomic mass is 9.78. The van der Waals surface area contributed by atoms with Gasteiger partial charge in [0, 0.05) is 63.5 Å². The Hall–Kier alpha value is -8.67. The summed E-state index contributed by atoms with van der Waals surface area (Å²) in [6.45, 7) is 2.33. The summed E-state index contributed by atoms with van der Waals surface area (Å²) in [7, 11) is 0. The van der Waals surface area contributed by atoms with Gasteiger partial charge in [0.25, 0.3) is 0 Å². The maximum atomic E-state index is 8.89. The average Bonchev–Trinajstić information content (AvgIpc) is 1.30. The number of ether oxygens (including phenoxy) is 1. The highest BCUT2D eigenvalue weighted by atomic mass is 16.5. The molecule has 0 N–H and O–H groups in total. The molecule has 0 spiro atoms. The molecule has 0 aliphatic carbocycles. The smallest absolute Gasteiger partial charge is 0.137 e. The van der Waals surface area contributed by atoms with Crippen molar-refractivity contribution in [3.05, 3.63) is 229 Å². The van der Waals surface area contributed by atoms with E-state index in [2.05, 4.69) is 174 Å². The standard InChI is InChI=1S/C72H64N4O/c1-70(2,3)48-37-38-73-66(42-48)76-63-33-16-15-26-57(63)58-36-35-53(44-65(58)76)77-52-24-17-23-51(43-52)74-45-75-68-55(47-39-49(71(4,5)6)41-50(40-47)72(7,8)9)29-19-31-62(68)60-30-18-28-54(46-21-11-10-12-22-46)67(60)59-27-14-13-25-56(59)61-32-20-34-64(74)69(61)75/h10-44H,45H2,1-9H3/i4D3,5D3,6D3. The number of para-hydroxylation sites is 3. The Morgan fingerprint density at radius 3 is 1.82 bits per heavy atom. The fourth-order valence-electron chi connectivity index (χ4n) is 11.6. The summed E-state index contributed by atoms with van der Waals surface area (Å²) in [5, 5.41) is 7.98. The Morgan fingerprint density at radius 2 is 1.05 bits per heavy atom. The molecule has 9 aromatic carbocycles. The Bertz CT molecular complexity index is 4730. The summed E-state index contributed by atoms with van der Waals surface area (Å²) < 4.78 is 91.4. The second kappa shape index (κ2) is 18.0. The van der Waals surface area contributed by atoms with E-state index in [0.29, 0.717) is 28.2 Å². The van der Waals surface area contributed by atoms with Gasteiger partial charge in [-0.05, 0) is 120 Å². The first-order chi connectivity index (χ1) is 40.8. The van der Waals surface area contributed by atoms with Gasteiger partial charge in [0.15, 0.2) is 0 Å². The summed E-state index contributed by atoms with van der Waals surface area (Å²) in [6, 6.07) is 69.5. The predicted molar refractivity (Wildman–Crippen MR) is 326 cm³/mol. The van der Waals surface area contributed by atoms with Crippen molar-refractivity contribution in [1.82, 2.24) is 14.1 Å². The molecule has 5 nitrogen and oxygen atoms in total. The van der Waals surface area contributed by atoms with Crippen molar-refractivity contribution >= 4 is 76.5 Å². The van der Waals surface area contributed by atoms with E-state index in [9.17, 15) is 0 Å². The second-order valence-corrected chi connectivity index (χ2v) is 22.6. The van der Waals surface area contributed by atoms with Gasteiger partial charge in [0.05, 0.1) is 27.8 Å². The van der Waals surface area contributed by atoms with Crippen LogP contribution in [-0.2, 0) is 22.9 Å². The van der Waals surface area contributed by atoms with Crippen molar-refractivity contribution in [2.24, 2.45) is 0 Å². The predicted octanol–water partition coefficient (Wildman–Crippen LogP) is 19.8. The minimum absolute atomic E-state index is 0.0849. The monoisotopic (exact) mass is 1010 g/mol. The van der Waals surface area contributed by atoms with E-state index in [1.807, 2.05) is 81.6 Å². The molecule has 0 saturated heterocycles. The normalized spacial score (nSPS) is 15.1. The van der Waals surface area contributed by atoms with Gasteiger partial charge in [-0.25, -0.2) is 4.98 Å². The lowest BCUT2D eigenvalue weighted by Crippen LogP contribution is -2.17. The van der Waals surface area contributed by atoms with Crippen molar-refractivity contribution in [2.45, 2.75) is 85.0 Å². The van der Waals surface area contributed by atoms with Gasteiger partial charge in [-0.2, -0.15) is 0 Å². The van der Waals surface area contributed by atoms with Crippen molar-refractivity contribution in [3.8, 4) is 39.6 Å². The molecule has 1 aliphatic heterocycles. The van der Waals surface area contributed by atoms with Gasteiger partial charge >= 0.3 is 0 Å². The molecular formula is C72H64N4O. The van der Waals surface area contributed by atoms with Crippen LogP contribution in [0.15, 0.2) is 212 Å². The summed E-state index contributed by atoms with van der Waals surface area (Å²) in [4.78, 5) is 7.18. The molecule has 0 unspecified atom stereocenters. The summed E-state index contributed by atoms with van der Waals surface area (Å²) in [6.07, 6.45) is 1.88. The molecule has 0 amide bonds. The summed E-state index contributed by atoms with van der Waals surface area (Å²) >= 11 is 0. The van der Waals surface area contributed by atoms with Crippen LogP contribution in [0.25, 0.3) is 93.2 Å². The van der Waals surface area contributed by atoms with E-state index in [4.69, 9.17) is 22.1 Å². The summed E-state index contributed by atoms with van der Waals surface area (Å²) in [5.41, 5.74) is 6.07. The molecule has 0 fully saturated rings. The highest BCUT2D eigenvalue weighted by Gasteiger charge is 2.28. The van der Waals surface area contributed by atoms with E-state index in [1.165, 1.54) is 17.7 Å². The molecule has 13 rings (SSSR count). The average molecular weight is 1010 g/mol. The number of hydrogen-bond donors (Lipinski definition) is 0. The van der Waals surface area contributed by atoms with Crippen LogP contribution in [0.3, 0.4) is 0 Å². The van der Waals surface area contributed by atoms with Gasteiger partial charge in [-0.3, -0.25) is 4.57 Å². The third kappa shape index (κ3) is 8.28. The largest absolute Gasteiger partial charge is 0.457 e. The molecular weight excluding hydrogens is 937 g/mol. The maximum absolute atomic E-state index is 8.89. The Labute approximate surface area is 464 Å². The number of nitrogens with zero attached hydrogens (tertiary/aromatic N) is 4. The third-order valence-corrected chi connectivity index (χ3v) is 15.5. The fourth-order valence-corrected chi connectivity index (χ4v) is 11.6. The molecule has 0 bridgehead atoms. The first kappa shape index (κ1) is 38.8. The molecule has 1 aliphatic rings. The molecule has 12 aromatic rings. The lowest BCUT2D eigenvalue weighted by molar-refractivity contribution is 0.483. The fraction of sp³-hybridized carbons (Fsp3) is 0.181. The van der Waals surface area contributed by atoms with E-state index < -0.39 is 31.4 Å². The first-order valence-corrected chi connectivity index (χ1v) is 26.4. The molecule has 378 valence electrons. The minimum atomic E-state index is -3.48. The van der Waals surface area contributed by atoms with Gasteiger partial charge in [-0.15, -0.1) is 0 Å².